The highest BCUT2D eigenvalue weighted by Gasteiger charge is 2.82. The van der Waals surface area contributed by atoms with Crippen LogP contribution in [0.4, 0.5) is 0 Å². The first-order valence-electron chi connectivity index (χ1n) is 8.01. The van der Waals surface area contributed by atoms with Gasteiger partial charge in [0.15, 0.2) is 11.4 Å². The van der Waals surface area contributed by atoms with Gasteiger partial charge in [-0.1, -0.05) is 0 Å². The van der Waals surface area contributed by atoms with Crippen molar-refractivity contribution in [3.05, 3.63) is 0 Å². The van der Waals surface area contributed by atoms with Crippen molar-refractivity contribution in [2.24, 2.45) is 16.7 Å². The van der Waals surface area contributed by atoms with Gasteiger partial charge in [-0.15, -0.1) is 0 Å². The lowest BCUT2D eigenvalue weighted by Gasteiger charge is -2.62. The first-order chi connectivity index (χ1) is 9.64. The molecule has 0 aromatic heterocycles. The molecule has 0 radical (unpaired) electrons. The molecule has 4 saturated carbocycles. The number of Topliss-reactive ketones (excluding diaryl/α,β-unsaturated/α-hetero) is 1. The molecule has 4 bridgehead atoms. The zero-order valence-corrected chi connectivity index (χ0v) is 11.7. The maximum atomic E-state index is 12.6. The van der Waals surface area contributed by atoms with Gasteiger partial charge in [0.25, 0.3) is 0 Å². The van der Waals surface area contributed by atoms with Gasteiger partial charge in [0.2, 0.25) is 0 Å². The minimum atomic E-state index is -0.781. The third kappa shape index (κ3) is 0.956. The van der Waals surface area contributed by atoms with Crippen molar-refractivity contribution >= 4 is 11.8 Å². The summed E-state index contributed by atoms with van der Waals surface area (Å²) >= 11 is 0. The van der Waals surface area contributed by atoms with Gasteiger partial charge >= 0.3 is 5.97 Å². The zero-order valence-electron chi connectivity index (χ0n) is 11.7. The van der Waals surface area contributed by atoms with Crippen molar-refractivity contribution in [1.29, 1.82) is 0 Å². The highest BCUT2D eigenvalue weighted by Crippen LogP contribution is 2.74. The van der Waals surface area contributed by atoms with Gasteiger partial charge in [0.05, 0.1) is 0 Å². The summed E-state index contributed by atoms with van der Waals surface area (Å²) in [6.07, 6.45) is 7.43. The lowest BCUT2D eigenvalue weighted by molar-refractivity contribution is -0.223. The number of rotatable bonds is 0. The lowest BCUT2D eigenvalue weighted by Crippen LogP contribution is -2.68. The molecular weight excluding hydrogens is 256 g/mol. The number of ether oxygens (including phenoxy) is 2. The Hall–Kier alpha value is -0.900. The number of esters is 1. The molecule has 4 aliphatic carbocycles. The van der Waals surface area contributed by atoms with Crippen molar-refractivity contribution < 1.29 is 19.1 Å². The van der Waals surface area contributed by atoms with Crippen LogP contribution in [0, 0.1) is 16.7 Å². The Kier molecular flexibility index (Phi) is 1.93. The predicted molar refractivity (Wildman–Crippen MR) is 68.9 cm³/mol. The van der Waals surface area contributed by atoms with E-state index in [4.69, 9.17) is 9.47 Å². The molecule has 2 heterocycles. The van der Waals surface area contributed by atoms with E-state index in [0.29, 0.717) is 18.9 Å². The Bertz CT molecular complexity index is 519. The quantitative estimate of drug-likeness (QED) is 0.635. The second-order valence-corrected chi connectivity index (χ2v) is 7.61. The number of ketones is 1. The molecular formula is C16H20O4. The molecule has 6 rings (SSSR count). The van der Waals surface area contributed by atoms with Crippen molar-refractivity contribution in [1.82, 2.24) is 0 Å². The van der Waals surface area contributed by atoms with Crippen LogP contribution in [-0.2, 0) is 19.1 Å². The van der Waals surface area contributed by atoms with E-state index in [2.05, 4.69) is 0 Å². The van der Waals surface area contributed by atoms with Crippen LogP contribution in [0.5, 0.6) is 0 Å². The van der Waals surface area contributed by atoms with Gasteiger partial charge in [-0.2, -0.15) is 0 Å². The van der Waals surface area contributed by atoms with Gasteiger partial charge in [0.1, 0.15) is 12.7 Å². The molecule has 0 N–H and O–H groups in total. The molecule has 4 heteroatoms. The van der Waals surface area contributed by atoms with Crippen LogP contribution >= 0.6 is 0 Å². The van der Waals surface area contributed by atoms with Crippen LogP contribution in [0.1, 0.15) is 51.4 Å². The van der Waals surface area contributed by atoms with E-state index < -0.39 is 5.60 Å². The second-order valence-electron chi connectivity index (χ2n) is 7.61. The molecule has 6 fully saturated rings. The maximum Gasteiger partial charge on any atom is 0.339 e. The van der Waals surface area contributed by atoms with Gasteiger partial charge in [-0.05, 0) is 50.9 Å². The molecule has 0 amide bonds. The number of hydrogen-bond acceptors (Lipinski definition) is 4. The fourth-order valence-electron chi connectivity index (χ4n) is 6.38. The van der Waals surface area contributed by atoms with Crippen LogP contribution in [0.25, 0.3) is 0 Å². The van der Waals surface area contributed by atoms with E-state index >= 15 is 0 Å². The zero-order chi connectivity index (χ0) is 13.6. The van der Waals surface area contributed by atoms with Crippen LogP contribution in [0.15, 0.2) is 0 Å². The molecule has 0 aromatic carbocycles. The number of carbonyl (C=O) groups is 2. The molecule has 20 heavy (non-hydrogen) atoms. The van der Waals surface area contributed by atoms with Gasteiger partial charge in [0, 0.05) is 17.3 Å². The van der Waals surface area contributed by atoms with Crippen LogP contribution in [-0.4, -0.2) is 30.1 Å². The summed E-state index contributed by atoms with van der Waals surface area (Å²) in [5, 5.41) is 0. The van der Waals surface area contributed by atoms with Gasteiger partial charge in [-0.3, -0.25) is 4.79 Å². The van der Waals surface area contributed by atoms with E-state index in [9.17, 15) is 9.59 Å². The minimum Gasteiger partial charge on any atom is -0.463 e. The van der Waals surface area contributed by atoms with Crippen molar-refractivity contribution in [2.45, 2.75) is 63.1 Å². The highest BCUT2D eigenvalue weighted by molar-refractivity contribution is 5.90. The van der Waals surface area contributed by atoms with E-state index in [0.717, 1.165) is 32.1 Å². The Morgan fingerprint density at radius 1 is 1.10 bits per heavy atom. The lowest BCUT2D eigenvalue weighted by atomic mass is 9.42. The summed E-state index contributed by atoms with van der Waals surface area (Å²) in [7, 11) is 0. The molecule has 0 unspecified atom stereocenters. The Labute approximate surface area is 118 Å². The fraction of sp³-hybridized carbons (Fsp3) is 0.875. The molecule has 0 aromatic rings. The third-order valence-electron chi connectivity index (χ3n) is 7.21. The standard InChI is InChI=1S/C16H20O4/c17-11-2-1-5-14-9-19-13(18)16(20-12(11)14)8-10-3-6-15(14,16)7-4-10/h10,12H,1-9H2/t10?,12-,14-,15?,16-/m0/s1. The summed E-state index contributed by atoms with van der Waals surface area (Å²) in [4.78, 5) is 25.0. The van der Waals surface area contributed by atoms with E-state index in [1.807, 2.05) is 0 Å². The van der Waals surface area contributed by atoms with E-state index in [-0.39, 0.29) is 28.7 Å². The third-order valence-corrected chi connectivity index (χ3v) is 7.21. The van der Waals surface area contributed by atoms with Crippen molar-refractivity contribution in [3.63, 3.8) is 0 Å². The average molecular weight is 276 g/mol. The first kappa shape index (κ1) is 11.7. The SMILES string of the molecule is O=C1CCC[C@@]23COC(=O)[C@]4(CC5CCC24CC5)O[C@@H]13. The minimum absolute atomic E-state index is 0.106. The molecule has 6 aliphatic rings. The summed E-state index contributed by atoms with van der Waals surface area (Å²) in [6, 6.07) is 0. The Balaban J connectivity index is 1.77. The second kappa shape index (κ2) is 3.29. The predicted octanol–water partition coefficient (Wildman–Crippen LogP) is 2.00. The Morgan fingerprint density at radius 3 is 2.70 bits per heavy atom. The van der Waals surface area contributed by atoms with Crippen molar-refractivity contribution in [2.75, 3.05) is 6.61 Å². The average Bonchev–Trinajstić information content (AvgIpc) is 2.67. The smallest absolute Gasteiger partial charge is 0.339 e. The summed E-state index contributed by atoms with van der Waals surface area (Å²) in [5.74, 6) is 0.616. The number of hydrogen-bond donors (Lipinski definition) is 0. The highest BCUT2D eigenvalue weighted by atomic mass is 16.6. The topological polar surface area (TPSA) is 52.6 Å². The van der Waals surface area contributed by atoms with Gasteiger partial charge < -0.3 is 9.47 Å². The summed E-state index contributed by atoms with van der Waals surface area (Å²) in [6.45, 7) is 0.411. The largest absolute Gasteiger partial charge is 0.463 e. The van der Waals surface area contributed by atoms with E-state index in [1.54, 1.807) is 0 Å². The van der Waals surface area contributed by atoms with E-state index in [1.165, 1.54) is 12.8 Å². The van der Waals surface area contributed by atoms with Crippen LogP contribution in [0.3, 0.4) is 0 Å². The summed E-state index contributed by atoms with van der Waals surface area (Å²) in [5.41, 5.74) is -1.09. The molecule has 2 saturated heterocycles. The number of cyclic esters (lactones) is 1. The van der Waals surface area contributed by atoms with Crippen molar-refractivity contribution in [3.8, 4) is 0 Å². The van der Waals surface area contributed by atoms with Crippen LogP contribution in [0.2, 0.25) is 0 Å². The van der Waals surface area contributed by atoms with Crippen LogP contribution < -0.4 is 0 Å². The maximum absolute atomic E-state index is 12.6. The fourth-order valence-corrected chi connectivity index (χ4v) is 6.38. The molecule has 2 aliphatic heterocycles. The monoisotopic (exact) mass is 276 g/mol. The Morgan fingerprint density at radius 2 is 1.90 bits per heavy atom. The molecule has 4 nitrogen and oxygen atoms in total. The molecule has 108 valence electrons. The first-order valence-corrected chi connectivity index (χ1v) is 8.01. The normalized spacial score (nSPS) is 56.2. The summed E-state index contributed by atoms with van der Waals surface area (Å²) < 4.78 is 11.9. The number of carbonyl (C=O) groups excluding carboxylic acids is 2. The molecule has 3 atom stereocenters. The number of fused-ring (bicyclic) bond motifs is 2. The van der Waals surface area contributed by atoms with Gasteiger partial charge in [-0.25, -0.2) is 4.79 Å². The molecule has 2 spiro atoms.